The summed E-state index contributed by atoms with van der Waals surface area (Å²) in [5, 5.41) is 0. The van der Waals surface area contributed by atoms with Crippen LogP contribution in [0, 0.1) is 0 Å². The summed E-state index contributed by atoms with van der Waals surface area (Å²) in [6, 6.07) is 17.8. The number of hydrogen-bond acceptors (Lipinski definition) is 1. The SMILES string of the molecule is CCc1ccc(C(F)CC(COC)c2ccccc2)cc1. The average Bonchev–Trinajstić information content (AvgIpc) is 2.55. The minimum absolute atomic E-state index is 0.0806. The molecule has 2 aromatic carbocycles. The van der Waals surface area contributed by atoms with Crippen LogP contribution in [0.25, 0.3) is 0 Å². The van der Waals surface area contributed by atoms with Crippen LogP contribution in [0.15, 0.2) is 54.6 Å². The molecule has 0 bridgehead atoms. The number of aryl methyl sites for hydroxylation is 1. The summed E-state index contributed by atoms with van der Waals surface area (Å²) in [4.78, 5) is 0. The number of hydrogen-bond donors (Lipinski definition) is 0. The summed E-state index contributed by atoms with van der Waals surface area (Å²) >= 11 is 0. The maximum absolute atomic E-state index is 14.6. The summed E-state index contributed by atoms with van der Waals surface area (Å²) in [5.41, 5.74) is 3.12. The Morgan fingerprint density at radius 3 is 2.19 bits per heavy atom. The van der Waals surface area contributed by atoms with Gasteiger partial charge in [0.1, 0.15) is 6.17 Å². The molecule has 2 atom stereocenters. The van der Waals surface area contributed by atoms with Gasteiger partial charge in [0.15, 0.2) is 0 Å². The molecule has 0 aliphatic heterocycles. The Bertz CT molecular complexity index is 521. The van der Waals surface area contributed by atoms with Crippen molar-refractivity contribution in [3.63, 3.8) is 0 Å². The summed E-state index contributed by atoms with van der Waals surface area (Å²) in [5.74, 6) is 0.0806. The molecule has 0 fully saturated rings. The third kappa shape index (κ3) is 4.40. The van der Waals surface area contributed by atoms with Gasteiger partial charge in [0.05, 0.1) is 6.61 Å². The summed E-state index contributed by atoms with van der Waals surface area (Å²) in [7, 11) is 1.67. The van der Waals surface area contributed by atoms with Crippen LogP contribution in [-0.4, -0.2) is 13.7 Å². The van der Waals surface area contributed by atoms with E-state index in [9.17, 15) is 4.39 Å². The van der Waals surface area contributed by atoms with E-state index in [2.05, 4.69) is 6.92 Å². The number of halogens is 1. The molecule has 0 aliphatic rings. The normalized spacial score (nSPS) is 13.9. The number of methoxy groups -OCH3 is 1. The van der Waals surface area contributed by atoms with Crippen molar-refractivity contribution in [2.24, 2.45) is 0 Å². The van der Waals surface area contributed by atoms with Crippen LogP contribution in [0.2, 0.25) is 0 Å². The van der Waals surface area contributed by atoms with E-state index in [0.717, 1.165) is 17.5 Å². The van der Waals surface area contributed by atoms with Gasteiger partial charge in [-0.3, -0.25) is 0 Å². The lowest BCUT2D eigenvalue weighted by Gasteiger charge is -2.19. The van der Waals surface area contributed by atoms with E-state index in [1.807, 2.05) is 54.6 Å². The Balaban J connectivity index is 2.08. The van der Waals surface area contributed by atoms with Crippen molar-refractivity contribution in [2.45, 2.75) is 31.9 Å². The zero-order chi connectivity index (χ0) is 15.1. The summed E-state index contributed by atoms with van der Waals surface area (Å²) < 4.78 is 19.8. The Labute approximate surface area is 126 Å². The molecule has 1 nitrogen and oxygen atoms in total. The molecule has 0 saturated carbocycles. The summed E-state index contributed by atoms with van der Waals surface area (Å²) in [6.07, 6.45) is 0.466. The van der Waals surface area contributed by atoms with E-state index in [-0.39, 0.29) is 5.92 Å². The largest absolute Gasteiger partial charge is 0.384 e. The molecular formula is C19H23FO. The molecule has 112 valence electrons. The van der Waals surface area contributed by atoms with E-state index in [1.54, 1.807) is 7.11 Å². The van der Waals surface area contributed by atoms with Crippen molar-refractivity contribution in [1.29, 1.82) is 0 Å². The standard InChI is InChI=1S/C19H23FO/c1-3-15-9-11-17(12-10-15)19(20)13-18(14-21-2)16-7-5-4-6-8-16/h4-12,18-19H,3,13-14H2,1-2H3. The molecule has 2 unspecified atom stereocenters. The first kappa shape index (κ1) is 15.7. The van der Waals surface area contributed by atoms with E-state index in [4.69, 9.17) is 4.74 Å². The van der Waals surface area contributed by atoms with Crippen LogP contribution in [0.3, 0.4) is 0 Å². The quantitative estimate of drug-likeness (QED) is 0.689. The van der Waals surface area contributed by atoms with Gasteiger partial charge in [0.25, 0.3) is 0 Å². The van der Waals surface area contributed by atoms with Crippen molar-refractivity contribution < 1.29 is 9.13 Å². The van der Waals surface area contributed by atoms with Crippen molar-refractivity contribution in [1.82, 2.24) is 0 Å². The molecule has 0 amide bonds. The van der Waals surface area contributed by atoms with Crippen molar-refractivity contribution in [3.8, 4) is 0 Å². The summed E-state index contributed by atoms with van der Waals surface area (Å²) in [6.45, 7) is 2.64. The lowest BCUT2D eigenvalue weighted by Crippen LogP contribution is -2.09. The minimum atomic E-state index is -0.962. The number of rotatable bonds is 7. The highest BCUT2D eigenvalue weighted by Crippen LogP contribution is 2.31. The van der Waals surface area contributed by atoms with Crippen LogP contribution in [0.1, 0.15) is 42.1 Å². The highest BCUT2D eigenvalue weighted by molar-refractivity contribution is 5.26. The van der Waals surface area contributed by atoms with Gasteiger partial charge in [0, 0.05) is 13.0 Å². The zero-order valence-electron chi connectivity index (χ0n) is 12.8. The fourth-order valence-corrected chi connectivity index (χ4v) is 2.57. The average molecular weight is 286 g/mol. The fourth-order valence-electron chi connectivity index (χ4n) is 2.57. The smallest absolute Gasteiger partial charge is 0.126 e. The second kappa shape index (κ2) is 7.94. The highest BCUT2D eigenvalue weighted by Gasteiger charge is 2.19. The maximum Gasteiger partial charge on any atom is 0.126 e. The predicted octanol–water partition coefficient (Wildman–Crippen LogP) is 5.08. The van der Waals surface area contributed by atoms with E-state index >= 15 is 0 Å². The zero-order valence-corrected chi connectivity index (χ0v) is 12.8. The van der Waals surface area contributed by atoms with Crippen molar-refractivity contribution in [2.75, 3.05) is 13.7 Å². The molecule has 0 spiro atoms. The second-order valence-electron chi connectivity index (χ2n) is 5.36. The van der Waals surface area contributed by atoms with Crippen LogP contribution in [0.5, 0.6) is 0 Å². The molecule has 0 aliphatic carbocycles. The van der Waals surface area contributed by atoms with E-state index in [1.165, 1.54) is 5.56 Å². The number of ether oxygens (including phenoxy) is 1. The number of benzene rings is 2. The lowest BCUT2D eigenvalue weighted by atomic mass is 9.91. The third-order valence-electron chi connectivity index (χ3n) is 3.88. The van der Waals surface area contributed by atoms with Crippen LogP contribution in [0.4, 0.5) is 4.39 Å². The molecule has 2 rings (SSSR count). The third-order valence-corrected chi connectivity index (χ3v) is 3.88. The molecule has 2 aromatic rings. The van der Waals surface area contributed by atoms with E-state index in [0.29, 0.717) is 13.0 Å². The predicted molar refractivity (Wildman–Crippen MR) is 85.3 cm³/mol. The van der Waals surface area contributed by atoms with Crippen LogP contribution >= 0.6 is 0 Å². The first-order valence-electron chi connectivity index (χ1n) is 7.51. The minimum Gasteiger partial charge on any atom is -0.384 e. The van der Waals surface area contributed by atoms with Crippen LogP contribution in [-0.2, 0) is 11.2 Å². The van der Waals surface area contributed by atoms with Gasteiger partial charge in [-0.1, -0.05) is 61.5 Å². The van der Waals surface area contributed by atoms with E-state index < -0.39 is 6.17 Å². The molecular weight excluding hydrogens is 263 g/mol. The molecule has 21 heavy (non-hydrogen) atoms. The van der Waals surface area contributed by atoms with Gasteiger partial charge >= 0.3 is 0 Å². The molecule has 0 aromatic heterocycles. The second-order valence-corrected chi connectivity index (χ2v) is 5.36. The molecule has 0 heterocycles. The Morgan fingerprint density at radius 2 is 1.62 bits per heavy atom. The Morgan fingerprint density at radius 1 is 0.952 bits per heavy atom. The van der Waals surface area contributed by atoms with Crippen LogP contribution < -0.4 is 0 Å². The lowest BCUT2D eigenvalue weighted by molar-refractivity contribution is 0.160. The molecule has 0 radical (unpaired) electrons. The van der Waals surface area contributed by atoms with Gasteiger partial charge in [-0.15, -0.1) is 0 Å². The van der Waals surface area contributed by atoms with Crippen molar-refractivity contribution >= 4 is 0 Å². The number of alkyl halides is 1. The maximum atomic E-state index is 14.6. The highest BCUT2D eigenvalue weighted by atomic mass is 19.1. The van der Waals surface area contributed by atoms with Gasteiger partial charge < -0.3 is 4.74 Å². The molecule has 2 heteroatoms. The van der Waals surface area contributed by atoms with Gasteiger partial charge in [-0.05, 0) is 29.5 Å². The van der Waals surface area contributed by atoms with Crippen molar-refractivity contribution in [3.05, 3.63) is 71.3 Å². The first-order valence-corrected chi connectivity index (χ1v) is 7.51. The Kier molecular flexibility index (Phi) is 5.94. The molecule has 0 saturated heterocycles. The first-order chi connectivity index (χ1) is 10.2. The Hall–Kier alpha value is -1.67. The topological polar surface area (TPSA) is 9.23 Å². The fraction of sp³-hybridized carbons (Fsp3) is 0.368. The van der Waals surface area contributed by atoms with Gasteiger partial charge in [-0.25, -0.2) is 4.39 Å². The molecule has 0 N–H and O–H groups in total. The van der Waals surface area contributed by atoms with Gasteiger partial charge in [0.2, 0.25) is 0 Å². The monoisotopic (exact) mass is 286 g/mol. The van der Waals surface area contributed by atoms with Gasteiger partial charge in [-0.2, -0.15) is 0 Å².